The molecular formula is C12H16N2O4. The number of carbonyl (C=O) groups is 2. The second kappa shape index (κ2) is 5.22. The van der Waals surface area contributed by atoms with E-state index < -0.39 is 5.97 Å². The fraction of sp³-hybridized carbons (Fsp3) is 0.500. The number of furan rings is 1. The molecule has 1 fully saturated rings. The SMILES string of the molecule is CC(=O)N1CCN(Cc2occc2C(=O)O)CC1. The van der Waals surface area contributed by atoms with Crippen LogP contribution in [0.2, 0.25) is 0 Å². The Labute approximate surface area is 105 Å². The Kier molecular flexibility index (Phi) is 3.66. The van der Waals surface area contributed by atoms with E-state index in [1.807, 2.05) is 0 Å². The molecule has 1 saturated heterocycles. The van der Waals surface area contributed by atoms with E-state index in [-0.39, 0.29) is 11.5 Å². The number of carboxylic acids is 1. The molecule has 1 amide bonds. The molecule has 0 aliphatic carbocycles. The van der Waals surface area contributed by atoms with Crippen LogP contribution in [0.3, 0.4) is 0 Å². The lowest BCUT2D eigenvalue weighted by Gasteiger charge is -2.33. The third-order valence-corrected chi connectivity index (χ3v) is 3.16. The van der Waals surface area contributed by atoms with Crippen molar-refractivity contribution in [2.75, 3.05) is 26.2 Å². The van der Waals surface area contributed by atoms with Crippen LogP contribution in [-0.4, -0.2) is 53.0 Å². The largest absolute Gasteiger partial charge is 0.478 e. The van der Waals surface area contributed by atoms with E-state index in [1.165, 1.54) is 12.3 Å². The number of carboxylic acid groups (broad SMARTS) is 1. The maximum atomic E-state index is 11.2. The monoisotopic (exact) mass is 252 g/mol. The molecule has 6 nitrogen and oxygen atoms in total. The van der Waals surface area contributed by atoms with Crippen LogP contribution in [0, 0.1) is 0 Å². The van der Waals surface area contributed by atoms with Gasteiger partial charge in [-0.25, -0.2) is 4.79 Å². The highest BCUT2D eigenvalue weighted by Gasteiger charge is 2.21. The summed E-state index contributed by atoms with van der Waals surface area (Å²) in [5.41, 5.74) is 0.212. The highest BCUT2D eigenvalue weighted by atomic mass is 16.4. The minimum atomic E-state index is -0.971. The maximum absolute atomic E-state index is 11.2. The van der Waals surface area contributed by atoms with Gasteiger partial charge in [-0.05, 0) is 6.07 Å². The zero-order valence-corrected chi connectivity index (χ0v) is 10.3. The predicted molar refractivity (Wildman–Crippen MR) is 63.2 cm³/mol. The second-order valence-electron chi connectivity index (χ2n) is 4.34. The van der Waals surface area contributed by atoms with E-state index in [4.69, 9.17) is 9.52 Å². The van der Waals surface area contributed by atoms with Crippen molar-refractivity contribution in [2.45, 2.75) is 13.5 Å². The molecule has 1 N–H and O–H groups in total. The van der Waals surface area contributed by atoms with Crippen LogP contribution in [0.5, 0.6) is 0 Å². The molecule has 2 rings (SSSR count). The molecule has 6 heteroatoms. The van der Waals surface area contributed by atoms with Crippen LogP contribution < -0.4 is 0 Å². The molecule has 18 heavy (non-hydrogen) atoms. The summed E-state index contributed by atoms with van der Waals surface area (Å²) in [7, 11) is 0. The van der Waals surface area contributed by atoms with E-state index in [0.717, 1.165) is 13.1 Å². The molecule has 0 bridgehead atoms. The first kappa shape index (κ1) is 12.6. The number of carbonyl (C=O) groups excluding carboxylic acids is 1. The smallest absolute Gasteiger partial charge is 0.339 e. The lowest BCUT2D eigenvalue weighted by molar-refractivity contribution is -0.130. The van der Waals surface area contributed by atoms with Gasteiger partial charge in [0.2, 0.25) is 5.91 Å². The number of amides is 1. The Balaban J connectivity index is 1.93. The van der Waals surface area contributed by atoms with Crippen LogP contribution in [0.4, 0.5) is 0 Å². The van der Waals surface area contributed by atoms with E-state index >= 15 is 0 Å². The third kappa shape index (κ3) is 2.70. The predicted octanol–water partition coefficient (Wildman–Crippen LogP) is 0.642. The number of hydrogen-bond donors (Lipinski definition) is 1. The topological polar surface area (TPSA) is 74.0 Å². The molecule has 98 valence electrons. The Morgan fingerprint density at radius 2 is 2.00 bits per heavy atom. The van der Waals surface area contributed by atoms with Gasteiger partial charge in [0.15, 0.2) is 0 Å². The van der Waals surface area contributed by atoms with Crippen molar-refractivity contribution in [3.8, 4) is 0 Å². The number of piperazine rings is 1. The van der Waals surface area contributed by atoms with E-state index in [2.05, 4.69) is 4.90 Å². The average molecular weight is 252 g/mol. The van der Waals surface area contributed by atoms with Crippen LogP contribution in [0.15, 0.2) is 16.7 Å². The normalized spacial score (nSPS) is 16.8. The highest BCUT2D eigenvalue weighted by molar-refractivity contribution is 5.88. The molecule has 1 aromatic rings. The zero-order valence-electron chi connectivity index (χ0n) is 10.3. The Morgan fingerprint density at radius 1 is 1.33 bits per heavy atom. The molecule has 0 spiro atoms. The minimum Gasteiger partial charge on any atom is -0.478 e. The number of nitrogens with zero attached hydrogens (tertiary/aromatic N) is 2. The molecule has 0 aromatic carbocycles. The van der Waals surface area contributed by atoms with Gasteiger partial charge in [-0.15, -0.1) is 0 Å². The summed E-state index contributed by atoms with van der Waals surface area (Å²) in [6, 6.07) is 1.46. The molecular weight excluding hydrogens is 236 g/mol. The second-order valence-corrected chi connectivity index (χ2v) is 4.34. The van der Waals surface area contributed by atoms with Crippen molar-refractivity contribution >= 4 is 11.9 Å². The lowest BCUT2D eigenvalue weighted by atomic mass is 10.2. The average Bonchev–Trinajstić information content (AvgIpc) is 2.78. The van der Waals surface area contributed by atoms with Gasteiger partial charge in [-0.1, -0.05) is 0 Å². The van der Waals surface area contributed by atoms with Crippen molar-refractivity contribution < 1.29 is 19.1 Å². The first-order chi connectivity index (χ1) is 8.58. The first-order valence-corrected chi connectivity index (χ1v) is 5.85. The summed E-state index contributed by atoms with van der Waals surface area (Å²) < 4.78 is 5.20. The van der Waals surface area contributed by atoms with Crippen LogP contribution >= 0.6 is 0 Å². The number of aromatic carboxylic acids is 1. The van der Waals surface area contributed by atoms with Crippen LogP contribution in [0.25, 0.3) is 0 Å². The standard InChI is InChI=1S/C12H16N2O4/c1-9(15)14-5-3-13(4-6-14)8-11-10(12(16)17)2-7-18-11/h2,7H,3-6,8H2,1H3,(H,16,17). The van der Waals surface area contributed by atoms with Crippen LogP contribution in [0.1, 0.15) is 23.0 Å². The lowest BCUT2D eigenvalue weighted by Crippen LogP contribution is -2.47. The minimum absolute atomic E-state index is 0.0823. The van der Waals surface area contributed by atoms with Gasteiger partial charge >= 0.3 is 5.97 Å². The van der Waals surface area contributed by atoms with Crippen LogP contribution in [-0.2, 0) is 11.3 Å². The molecule has 0 atom stereocenters. The molecule has 1 aromatic heterocycles. The number of rotatable bonds is 3. The van der Waals surface area contributed by atoms with Crippen molar-refractivity contribution in [3.63, 3.8) is 0 Å². The van der Waals surface area contributed by atoms with Gasteiger partial charge in [-0.2, -0.15) is 0 Å². The van der Waals surface area contributed by atoms with E-state index in [0.29, 0.717) is 25.4 Å². The zero-order chi connectivity index (χ0) is 13.1. The number of hydrogen-bond acceptors (Lipinski definition) is 4. The maximum Gasteiger partial charge on any atom is 0.339 e. The van der Waals surface area contributed by atoms with E-state index in [1.54, 1.807) is 11.8 Å². The Hall–Kier alpha value is -1.82. The van der Waals surface area contributed by atoms with Gasteiger partial charge in [0.1, 0.15) is 11.3 Å². The summed E-state index contributed by atoms with van der Waals surface area (Å²) in [5.74, 6) is -0.418. The Bertz CT molecular complexity index is 447. The fourth-order valence-electron chi connectivity index (χ4n) is 2.08. The molecule has 0 unspecified atom stereocenters. The summed E-state index contributed by atoms with van der Waals surface area (Å²) in [6.45, 7) is 4.86. The van der Waals surface area contributed by atoms with Crippen molar-refractivity contribution in [3.05, 3.63) is 23.7 Å². The van der Waals surface area contributed by atoms with Crippen molar-refractivity contribution in [1.29, 1.82) is 0 Å². The molecule has 1 aliphatic heterocycles. The molecule has 2 heterocycles. The van der Waals surface area contributed by atoms with Gasteiger partial charge in [0, 0.05) is 33.1 Å². The summed E-state index contributed by atoms with van der Waals surface area (Å²) in [6.07, 6.45) is 1.39. The summed E-state index contributed by atoms with van der Waals surface area (Å²) in [5, 5.41) is 8.97. The highest BCUT2D eigenvalue weighted by Crippen LogP contribution is 2.14. The molecule has 1 aliphatic rings. The van der Waals surface area contributed by atoms with Crippen molar-refractivity contribution in [2.24, 2.45) is 0 Å². The van der Waals surface area contributed by atoms with Gasteiger partial charge < -0.3 is 14.4 Å². The third-order valence-electron chi connectivity index (χ3n) is 3.16. The quantitative estimate of drug-likeness (QED) is 0.854. The Morgan fingerprint density at radius 3 is 2.56 bits per heavy atom. The van der Waals surface area contributed by atoms with Crippen molar-refractivity contribution in [1.82, 2.24) is 9.80 Å². The molecule has 0 radical (unpaired) electrons. The van der Waals surface area contributed by atoms with Gasteiger partial charge in [0.05, 0.1) is 12.8 Å². The van der Waals surface area contributed by atoms with Gasteiger partial charge in [0.25, 0.3) is 0 Å². The molecule has 0 saturated carbocycles. The first-order valence-electron chi connectivity index (χ1n) is 5.85. The van der Waals surface area contributed by atoms with E-state index in [9.17, 15) is 9.59 Å². The summed E-state index contributed by atoms with van der Waals surface area (Å²) in [4.78, 5) is 26.0. The fourth-order valence-corrected chi connectivity index (χ4v) is 2.08. The van der Waals surface area contributed by atoms with Gasteiger partial charge in [-0.3, -0.25) is 9.69 Å². The summed E-state index contributed by atoms with van der Waals surface area (Å²) >= 11 is 0.